The number of hydrogen-bond acceptors (Lipinski definition) is 4. The molecule has 0 radical (unpaired) electrons. The van der Waals surface area contributed by atoms with Crippen molar-refractivity contribution in [3.05, 3.63) is 63.6 Å². The lowest BCUT2D eigenvalue weighted by atomic mass is 10.1. The van der Waals surface area contributed by atoms with E-state index in [9.17, 15) is 31.2 Å². The van der Waals surface area contributed by atoms with Gasteiger partial charge in [-0.25, -0.2) is 8.42 Å². The standard InChI is InChI=1S/C26H32Cl2F3N3O4S/c1-4-14-32-25(36)23(5-2)33(17-20-21(27)11-7-12-22(20)28)24(35)13-8-15-34(39(3,37)38)19-10-6-9-18(16-19)26(29,30)31/h6-7,9-12,16,23H,4-5,8,13-15,17H2,1-3H3,(H,32,36)/t23-/m1/s1. The number of halogens is 5. The molecule has 13 heteroatoms. The molecule has 0 saturated heterocycles. The van der Waals surface area contributed by atoms with Crippen LogP contribution in [-0.2, 0) is 32.3 Å². The van der Waals surface area contributed by atoms with E-state index in [1.807, 2.05) is 6.92 Å². The van der Waals surface area contributed by atoms with Crippen molar-refractivity contribution in [2.45, 2.75) is 58.3 Å². The fourth-order valence-corrected chi connectivity index (χ4v) is 5.45. The zero-order valence-electron chi connectivity index (χ0n) is 21.9. The molecule has 1 atom stereocenters. The Bertz CT molecular complexity index is 1240. The van der Waals surface area contributed by atoms with Gasteiger partial charge in [0.05, 0.1) is 17.5 Å². The molecular weight excluding hydrogens is 578 g/mol. The molecule has 0 saturated carbocycles. The van der Waals surface area contributed by atoms with Gasteiger partial charge in [-0.15, -0.1) is 0 Å². The van der Waals surface area contributed by atoms with Gasteiger partial charge in [0.2, 0.25) is 21.8 Å². The van der Waals surface area contributed by atoms with Crippen LogP contribution in [0.2, 0.25) is 10.0 Å². The van der Waals surface area contributed by atoms with Crippen molar-refractivity contribution in [3.8, 4) is 0 Å². The molecule has 0 unspecified atom stereocenters. The van der Waals surface area contributed by atoms with Crippen molar-refractivity contribution < 1.29 is 31.2 Å². The largest absolute Gasteiger partial charge is 0.416 e. The Kier molecular flexibility index (Phi) is 11.9. The van der Waals surface area contributed by atoms with E-state index in [2.05, 4.69) is 5.32 Å². The van der Waals surface area contributed by atoms with E-state index >= 15 is 0 Å². The van der Waals surface area contributed by atoms with Crippen molar-refractivity contribution in [3.63, 3.8) is 0 Å². The monoisotopic (exact) mass is 609 g/mol. The SMILES string of the molecule is CCCNC(=O)[C@@H](CC)N(Cc1c(Cl)cccc1Cl)C(=O)CCCN(c1cccc(C(F)(F)F)c1)S(C)(=O)=O. The average molecular weight is 611 g/mol. The molecule has 0 aliphatic rings. The molecule has 2 rings (SSSR count). The highest BCUT2D eigenvalue weighted by molar-refractivity contribution is 7.92. The summed E-state index contributed by atoms with van der Waals surface area (Å²) in [4.78, 5) is 27.7. The minimum Gasteiger partial charge on any atom is -0.354 e. The number of anilines is 1. The summed E-state index contributed by atoms with van der Waals surface area (Å²) >= 11 is 12.6. The van der Waals surface area contributed by atoms with Crippen LogP contribution in [0.4, 0.5) is 18.9 Å². The normalized spacial score (nSPS) is 12.6. The van der Waals surface area contributed by atoms with Gasteiger partial charge >= 0.3 is 6.18 Å². The highest BCUT2D eigenvalue weighted by Gasteiger charge is 2.32. The van der Waals surface area contributed by atoms with Gasteiger partial charge in [-0.1, -0.05) is 49.2 Å². The molecule has 0 aromatic heterocycles. The Hall–Kier alpha value is -2.50. The number of carbonyl (C=O) groups is 2. The molecule has 39 heavy (non-hydrogen) atoms. The van der Waals surface area contributed by atoms with E-state index in [1.54, 1.807) is 25.1 Å². The van der Waals surface area contributed by atoms with Gasteiger partial charge in [0.15, 0.2) is 0 Å². The van der Waals surface area contributed by atoms with Crippen LogP contribution < -0.4 is 9.62 Å². The molecule has 0 aliphatic heterocycles. The quantitative estimate of drug-likeness (QED) is 0.307. The predicted octanol–water partition coefficient (Wildman–Crippen LogP) is 5.89. The van der Waals surface area contributed by atoms with Crippen LogP contribution in [-0.4, -0.2) is 50.5 Å². The van der Waals surface area contributed by atoms with Gasteiger partial charge in [0.25, 0.3) is 0 Å². The number of nitrogens with zero attached hydrogens (tertiary/aromatic N) is 2. The third-order valence-corrected chi connectivity index (χ3v) is 7.84. The maximum absolute atomic E-state index is 13.4. The lowest BCUT2D eigenvalue weighted by Gasteiger charge is -2.31. The summed E-state index contributed by atoms with van der Waals surface area (Å²) in [6.07, 6.45) is -2.96. The first-order valence-electron chi connectivity index (χ1n) is 12.4. The third kappa shape index (κ3) is 9.29. The molecule has 2 aromatic carbocycles. The molecule has 0 heterocycles. The minimum absolute atomic E-state index is 0.0120. The molecule has 0 fully saturated rings. The summed E-state index contributed by atoms with van der Waals surface area (Å²) in [5.74, 6) is -0.806. The van der Waals surface area contributed by atoms with Gasteiger partial charge in [0, 0.05) is 41.7 Å². The minimum atomic E-state index is -4.65. The second kappa shape index (κ2) is 14.2. The van der Waals surface area contributed by atoms with Gasteiger partial charge in [0.1, 0.15) is 6.04 Å². The predicted molar refractivity (Wildman–Crippen MR) is 147 cm³/mol. The summed E-state index contributed by atoms with van der Waals surface area (Å²) < 4.78 is 65.3. The van der Waals surface area contributed by atoms with E-state index in [4.69, 9.17) is 23.2 Å². The first-order valence-corrected chi connectivity index (χ1v) is 15.0. The zero-order chi connectivity index (χ0) is 29.4. The van der Waals surface area contributed by atoms with Crippen LogP contribution >= 0.6 is 23.2 Å². The highest BCUT2D eigenvalue weighted by Crippen LogP contribution is 2.32. The summed E-state index contributed by atoms with van der Waals surface area (Å²) in [5, 5.41) is 3.42. The maximum atomic E-state index is 13.4. The fourth-order valence-electron chi connectivity index (χ4n) is 3.98. The second-order valence-corrected chi connectivity index (χ2v) is 11.6. The molecule has 0 aliphatic carbocycles. The number of benzene rings is 2. The molecule has 2 amide bonds. The third-order valence-electron chi connectivity index (χ3n) is 5.94. The summed E-state index contributed by atoms with van der Waals surface area (Å²) in [6, 6.07) is 8.02. The molecule has 1 N–H and O–H groups in total. The summed E-state index contributed by atoms with van der Waals surface area (Å²) in [6.45, 7) is 3.77. The van der Waals surface area contributed by atoms with Gasteiger partial charge in [-0.05, 0) is 49.6 Å². The summed E-state index contributed by atoms with van der Waals surface area (Å²) in [5.41, 5.74) is -0.695. The number of carbonyl (C=O) groups excluding carboxylic acids is 2. The van der Waals surface area contributed by atoms with Crippen molar-refractivity contribution in [1.29, 1.82) is 0 Å². The smallest absolute Gasteiger partial charge is 0.354 e. The average Bonchev–Trinajstić information content (AvgIpc) is 2.85. The van der Waals surface area contributed by atoms with Crippen LogP contribution in [0.25, 0.3) is 0 Å². The highest BCUT2D eigenvalue weighted by atomic mass is 35.5. The number of alkyl halides is 3. The number of sulfonamides is 1. The van der Waals surface area contributed by atoms with Crippen LogP contribution in [0.3, 0.4) is 0 Å². The number of nitrogens with one attached hydrogen (secondary N) is 1. The molecule has 2 aromatic rings. The van der Waals surface area contributed by atoms with Crippen LogP contribution in [0.15, 0.2) is 42.5 Å². The van der Waals surface area contributed by atoms with Gasteiger partial charge < -0.3 is 10.2 Å². The van der Waals surface area contributed by atoms with Crippen molar-refractivity contribution >= 4 is 50.7 Å². The number of amides is 2. The van der Waals surface area contributed by atoms with Gasteiger partial charge in [-0.2, -0.15) is 13.2 Å². The first kappa shape index (κ1) is 32.7. The fraction of sp³-hybridized carbons (Fsp3) is 0.462. The van der Waals surface area contributed by atoms with Crippen LogP contribution in [0.5, 0.6) is 0 Å². The van der Waals surface area contributed by atoms with E-state index in [0.717, 1.165) is 28.8 Å². The van der Waals surface area contributed by atoms with Crippen LogP contribution in [0.1, 0.15) is 50.7 Å². The van der Waals surface area contributed by atoms with Crippen molar-refractivity contribution in [2.24, 2.45) is 0 Å². The Labute approximate surface area is 237 Å². The van der Waals surface area contributed by atoms with E-state index in [-0.39, 0.29) is 37.5 Å². The topological polar surface area (TPSA) is 86.8 Å². The van der Waals surface area contributed by atoms with Crippen LogP contribution in [0, 0.1) is 0 Å². The number of hydrogen-bond donors (Lipinski definition) is 1. The Morgan fingerprint density at radius 2 is 1.67 bits per heavy atom. The van der Waals surface area contributed by atoms with Crippen molar-refractivity contribution in [2.75, 3.05) is 23.7 Å². The molecule has 216 valence electrons. The number of rotatable bonds is 13. The van der Waals surface area contributed by atoms with Crippen molar-refractivity contribution in [1.82, 2.24) is 10.2 Å². The van der Waals surface area contributed by atoms with E-state index in [1.165, 1.54) is 11.0 Å². The Morgan fingerprint density at radius 3 is 2.21 bits per heavy atom. The maximum Gasteiger partial charge on any atom is 0.416 e. The molecule has 0 bridgehead atoms. The molecule has 0 spiro atoms. The Morgan fingerprint density at radius 1 is 1.05 bits per heavy atom. The molecule has 7 nitrogen and oxygen atoms in total. The lowest BCUT2D eigenvalue weighted by molar-refractivity contribution is -0.141. The van der Waals surface area contributed by atoms with E-state index in [0.29, 0.717) is 35.0 Å². The lowest BCUT2D eigenvalue weighted by Crippen LogP contribution is -2.49. The second-order valence-electron chi connectivity index (χ2n) is 8.92. The first-order chi connectivity index (χ1) is 18.2. The zero-order valence-corrected chi connectivity index (χ0v) is 24.2. The Balaban J connectivity index is 2.30. The summed E-state index contributed by atoms with van der Waals surface area (Å²) in [7, 11) is -3.96. The van der Waals surface area contributed by atoms with E-state index < -0.39 is 33.7 Å². The van der Waals surface area contributed by atoms with Gasteiger partial charge in [-0.3, -0.25) is 13.9 Å². The molecular formula is C26H32Cl2F3N3O4S.